The second-order valence-corrected chi connectivity index (χ2v) is 6.87. The standard InChI is InChI=1S/C18H23NS/c1-14-11-12-20-18(14)13-19-17-9-7-16(8-10-17)15-5-3-2-4-6-15/h2-6,11-12,16-17,19H,7-10,13H2,1H3. The number of nitrogens with one attached hydrogen (secondary N) is 1. The van der Waals surface area contributed by atoms with Crippen molar-refractivity contribution < 1.29 is 0 Å². The first-order valence-electron chi connectivity index (χ1n) is 7.64. The summed E-state index contributed by atoms with van der Waals surface area (Å²) in [6.07, 6.45) is 5.27. The first-order chi connectivity index (χ1) is 9.83. The van der Waals surface area contributed by atoms with Crippen LogP contribution in [0.15, 0.2) is 41.8 Å². The molecule has 1 aliphatic rings. The van der Waals surface area contributed by atoms with Crippen LogP contribution in [0.3, 0.4) is 0 Å². The Bertz CT molecular complexity index is 523. The van der Waals surface area contributed by atoms with Gasteiger partial charge in [-0.15, -0.1) is 11.3 Å². The fourth-order valence-electron chi connectivity index (χ4n) is 3.18. The van der Waals surface area contributed by atoms with E-state index < -0.39 is 0 Å². The third-order valence-electron chi connectivity index (χ3n) is 4.52. The molecule has 0 spiro atoms. The van der Waals surface area contributed by atoms with Crippen LogP contribution < -0.4 is 5.32 Å². The van der Waals surface area contributed by atoms with E-state index in [0.29, 0.717) is 6.04 Å². The Morgan fingerprint density at radius 3 is 2.45 bits per heavy atom. The lowest BCUT2D eigenvalue weighted by molar-refractivity contribution is 0.342. The molecule has 2 heteroatoms. The molecule has 1 fully saturated rings. The van der Waals surface area contributed by atoms with Gasteiger partial charge in [0.25, 0.3) is 0 Å². The Morgan fingerprint density at radius 2 is 1.80 bits per heavy atom. The Kier molecular flexibility index (Phi) is 4.54. The molecule has 0 atom stereocenters. The van der Waals surface area contributed by atoms with Gasteiger partial charge in [0.2, 0.25) is 0 Å². The minimum atomic E-state index is 0.705. The molecule has 20 heavy (non-hydrogen) atoms. The average molecular weight is 285 g/mol. The monoisotopic (exact) mass is 285 g/mol. The molecule has 3 rings (SSSR count). The minimum absolute atomic E-state index is 0.705. The van der Waals surface area contributed by atoms with E-state index in [1.54, 1.807) is 0 Å². The van der Waals surface area contributed by atoms with Crippen LogP contribution in [0, 0.1) is 6.92 Å². The number of aryl methyl sites for hydroxylation is 1. The van der Waals surface area contributed by atoms with Crippen molar-refractivity contribution >= 4 is 11.3 Å². The van der Waals surface area contributed by atoms with Crippen LogP contribution >= 0.6 is 11.3 Å². The molecule has 0 aliphatic heterocycles. The van der Waals surface area contributed by atoms with E-state index in [9.17, 15) is 0 Å². The molecule has 1 aliphatic carbocycles. The van der Waals surface area contributed by atoms with Crippen LogP contribution in [0.4, 0.5) is 0 Å². The normalized spacial score (nSPS) is 22.9. The zero-order valence-corrected chi connectivity index (χ0v) is 13.0. The lowest BCUT2D eigenvalue weighted by Gasteiger charge is -2.29. The molecular formula is C18H23NS. The molecule has 1 heterocycles. The molecular weight excluding hydrogens is 262 g/mol. The van der Waals surface area contributed by atoms with Gasteiger partial charge in [-0.2, -0.15) is 0 Å². The van der Waals surface area contributed by atoms with Gasteiger partial charge in [0.1, 0.15) is 0 Å². The summed E-state index contributed by atoms with van der Waals surface area (Å²) < 4.78 is 0. The predicted molar refractivity (Wildman–Crippen MR) is 87.3 cm³/mol. The summed E-state index contributed by atoms with van der Waals surface area (Å²) in [5.74, 6) is 0.776. The second-order valence-electron chi connectivity index (χ2n) is 5.87. The van der Waals surface area contributed by atoms with E-state index in [0.717, 1.165) is 12.5 Å². The van der Waals surface area contributed by atoms with E-state index in [1.807, 2.05) is 11.3 Å². The first kappa shape index (κ1) is 13.8. The van der Waals surface area contributed by atoms with Crippen molar-refractivity contribution in [3.63, 3.8) is 0 Å². The maximum atomic E-state index is 3.75. The highest BCUT2D eigenvalue weighted by Crippen LogP contribution is 2.32. The maximum absolute atomic E-state index is 3.75. The first-order valence-corrected chi connectivity index (χ1v) is 8.52. The molecule has 1 aromatic carbocycles. The Balaban J connectivity index is 1.48. The zero-order valence-electron chi connectivity index (χ0n) is 12.1. The topological polar surface area (TPSA) is 12.0 Å². The second kappa shape index (κ2) is 6.55. The zero-order chi connectivity index (χ0) is 13.8. The maximum Gasteiger partial charge on any atom is 0.0304 e. The highest BCUT2D eigenvalue weighted by atomic mass is 32.1. The van der Waals surface area contributed by atoms with Crippen molar-refractivity contribution in [2.75, 3.05) is 0 Å². The molecule has 1 aromatic heterocycles. The lowest BCUT2D eigenvalue weighted by Crippen LogP contribution is -2.32. The highest BCUT2D eigenvalue weighted by Gasteiger charge is 2.21. The van der Waals surface area contributed by atoms with E-state index in [-0.39, 0.29) is 0 Å². The summed E-state index contributed by atoms with van der Waals surface area (Å²) in [4.78, 5) is 1.50. The van der Waals surface area contributed by atoms with Gasteiger partial charge in [0, 0.05) is 17.5 Å². The third-order valence-corrected chi connectivity index (χ3v) is 5.54. The molecule has 2 aromatic rings. The van der Waals surface area contributed by atoms with Crippen molar-refractivity contribution in [3.05, 3.63) is 57.8 Å². The summed E-state index contributed by atoms with van der Waals surface area (Å²) in [6.45, 7) is 3.25. The molecule has 0 saturated heterocycles. The van der Waals surface area contributed by atoms with Crippen molar-refractivity contribution in [3.8, 4) is 0 Å². The highest BCUT2D eigenvalue weighted by molar-refractivity contribution is 7.10. The third kappa shape index (κ3) is 3.31. The van der Waals surface area contributed by atoms with Crippen LogP contribution in [-0.2, 0) is 6.54 Å². The molecule has 106 valence electrons. The minimum Gasteiger partial charge on any atom is -0.309 e. The van der Waals surface area contributed by atoms with Gasteiger partial charge in [-0.1, -0.05) is 30.3 Å². The Morgan fingerprint density at radius 1 is 1.05 bits per heavy atom. The summed E-state index contributed by atoms with van der Waals surface area (Å²) in [5, 5.41) is 5.94. The smallest absolute Gasteiger partial charge is 0.0304 e. The van der Waals surface area contributed by atoms with Gasteiger partial charge in [-0.25, -0.2) is 0 Å². The van der Waals surface area contributed by atoms with E-state index in [2.05, 4.69) is 54.0 Å². The van der Waals surface area contributed by atoms with Crippen molar-refractivity contribution in [2.24, 2.45) is 0 Å². The summed E-state index contributed by atoms with van der Waals surface area (Å²) in [6, 6.07) is 13.9. The number of benzene rings is 1. The van der Waals surface area contributed by atoms with Crippen LogP contribution in [0.2, 0.25) is 0 Å². The largest absolute Gasteiger partial charge is 0.309 e. The predicted octanol–water partition coefficient (Wildman–Crippen LogP) is 4.87. The number of thiophene rings is 1. The number of rotatable bonds is 4. The summed E-state index contributed by atoms with van der Waals surface area (Å²) in [7, 11) is 0. The van der Waals surface area contributed by atoms with E-state index in [4.69, 9.17) is 0 Å². The van der Waals surface area contributed by atoms with Crippen LogP contribution in [0.25, 0.3) is 0 Å². The van der Waals surface area contributed by atoms with Crippen molar-refractivity contribution in [1.29, 1.82) is 0 Å². The van der Waals surface area contributed by atoms with Gasteiger partial charge < -0.3 is 5.32 Å². The van der Waals surface area contributed by atoms with Crippen molar-refractivity contribution in [2.45, 2.75) is 51.1 Å². The fraction of sp³-hybridized carbons (Fsp3) is 0.444. The van der Waals surface area contributed by atoms with Crippen molar-refractivity contribution in [1.82, 2.24) is 5.32 Å². The Labute approximate surface area is 126 Å². The van der Waals surface area contributed by atoms with Gasteiger partial charge in [0.05, 0.1) is 0 Å². The molecule has 0 unspecified atom stereocenters. The summed E-state index contributed by atoms with van der Waals surface area (Å²) in [5.41, 5.74) is 2.96. The number of hydrogen-bond acceptors (Lipinski definition) is 2. The quantitative estimate of drug-likeness (QED) is 0.845. The fourth-order valence-corrected chi connectivity index (χ4v) is 4.04. The number of hydrogen-bond donors (Lipinski definition) is 1. The average Bonchev–Trinajstić information content (AvgIpc) is 2.92. The van der Waals surface area contributed by atoms with Gasteiger partial charge in [0.15, 0.2) is 0 Å². The van der Waals surface area contributed by atoms with Crippen LogP contribution in [0.1, 0.15) is 47.6 Å². The van der Waals surface area contributed by atoms with E-state index >= 15 is 0 Å². The molecule has 1 saturated carbocycles. The molecule has 0 amide bonds. The lowest BCUT2D eigenvalue weighted by atomic mass is 9.82. The Hall–Kier alpha value is -1.12. The van der Waals surface area contributed by atoms with Crippen LogP contribution in [-0.4, -0.2) is 6.04 Å². The molecule has 0 radical (unpaired) electrons. The van der Waals surface area contributed by atoms with Gasteiger partial charge in [-0.3, -0.25) is 0 Å². The van der Waals surface area contributed by atoms with Gasteiger partial charge in [-0.05, 0) is 61.1 Å². The van der Waals surface area contributed by atoms with Gasteiger partial charge >= 0.3 is 0 Å². The van der Waals surface area contributed by atoms with E-state index in [1.165, 1.54) is 41.7 Å². The molecule has 1 N–H and O–H groups in total. The van der Waals surface area contributed by atoms with Crippen LogP contribution in [0.5, 0.6) is 0 Å². The molecule has 1 nitrogen and oxygen atoms in total. The SMILES string of the molecule is Cc1ccsc1CNC1CCC(c2ccccc2)CC1. The molecule has 0 bridgehead atoms. The summed E-state index contributed by atoms with van der Waals surface area (Å²) >= 11 is 1.87.